The van der Waals surface area contributed by atoms with Gasteiger partial charge >= 0.3 is 0 Å². The van der Waals surface area contributed by atoms with Crippen molar-refractivity contribution < 1.29 is 0 Å². The van der Waals surface area contributed by atoms with Gasteiger partial charge in [0.2, 0.25) is 0 Å². The average molecular weight is 271 g/mol. The number of hydrogen-bond acceptors (Lipinski definition) is 3. The number of nitrogens with zero attached hydrogens (tertiary/aromatic N) is 2. The summed E-state index contributed by atoms with van der Waals surface area (Å²) in [4.78, 5) is 5.28. The first-order chi connectivity index (χ1) is 9.79. The molecule has 3 fully saturated rings. The van der Waals surface area contributed by atoms with Gasteiger partial charge in [-0.15, -0.1) is 0 Å². The molecule has 108 valence electrons. The summed E-state index contributed by atoms with van der Waals surface area (Å²) in [5.74, 6) is 2.07. The Morgan fingerprint density at radius 1 is 0.900 bits per heavy atom. The van der Waals surface area contributed by atoms with E-state index in [0.717, 1.165) is 36.7 Å². The molecule has 4 rings (SSSR count). The molecule has 1 aromatic rings. The molecule has 1 heterocycles. The third-order valence-electron chi connectivity index (χ3n) is 5.74. The maximum atomic E-state index is 5.77. The highest BCUT2D eigenvalue weighted by Crippen LogP contribution is 2.46. The first-order valence-electron chi connectivity index (χ1n) is 8.14. The van der Waals surface area contributed by atoms with Crippen molar-refractivity contribution in [2.24, 2.45) is 11.8 Å². The molecule has 3 unspecified atom stereocenters. The number of hydrogen-bond donors (Lipinski definition) is 1. The number of nitrogens with two attached hydrogens (primary N) is 1. The number of rotatable bonds is 2. The highest BCUT2D eigenvalue weighted by atomic mass is 15.3. The minimum Gasteiger partial charge on any atom is -0.399 e. The molecule has 2 bridgehead atoms. The van der Waals surface area contributed by atoms with Crippen molar-refractivity contribution in [3.05, 3.63) is 24.3 Å². The summed E-state index contributed by atoms with van der Waals surface area (Å²) in [5.41, 5.74) is 7.95. The van der Waals surface area contributed by atoms with Crippen molar-refractivity contribution in [1.29, 1.82) is 0 Å². The molecule has 20 heavy (non-hydrogen) atoms. The van der Waals surface area contributed by atoms with E-state index in [4.69, 9.17) is 5.73 Å². The maximum absolute atomic E-state index is 5.77. The van der Waals surface area contributed by atoms with Crippen molar-refractivity contribution >= 4 is 11.4 Å². The molecule has 3 aliphatic rings. The molecule has 3 atom stereocenters. The zero-order valence-corrected chi connectivity index (χ0v) is 12.2. The van der Waals surface area contributed by atoms with E-state index in [2.05, 4.69) is 21.9 Å². The second kappa shape index (κ2) is 4.96. The number of benzene rings is 1. The predicted octanol–water partition coefficient (Wildman–Crippen LogP) is 2.58. The lowest BCUT2D eigenvalue weighted by Gasteiger charge is -2.41. The van der Waals surface area contributed by atoms with Gasteiger partial charge in [0.15, 0.2) is 0 Å². The topological polar surface area (TPSA) is 32.5 Å². The van der Waals surface area contributed by atoms with Gasteiger partial charge in [0.05, 0.1) is 0 Å². The largest absolute Gasteiger partial charge is 0.399 e. The monoisotopic (exact) mass is 271 g/mol. The van der Waals surface area contributed by atoms with Crippen LogP contribution in [0.5, 0.6) is 0 Å². The lowest BCUT2D eigenvalue weighted by molar-refractivity contribution is 0.135. The molecule has 0 radical (unpaired) electrons. The van der Waals surface area contributed by atoms with Gasteiger partial charge in [0, 0.05) is 43.6 Å². The van der Waals surface area contributed by atoms with Crippen LogP contribution in [-0.2, 0) is 0 Å². The van der Waals surface area contributed by atoms with Gasteiger partial charge in [-0.05, 0) is 55.4 Å². The smallest absolute Gasteiger partial charge is 0.0368 e. The zero-order chi connectivity index (χ0) is 13.5. The van der Waals surface area contributed by atoms with E-state index in [1.165, 1.54) is 44.5 Å². The summed E-state index contributed by atoms with van der Waals surface area (Å²) < 4.78 is 0. The van der Waals surface area contributed by atoms with Crippen LogP contribution >= 0.6 is 0 Å². The van der Waals surface area contributed by atoms with E-state index in [0.29, 0.717) is 0 Å². The third kappa shape index (κ3) is 2.18. The Bertz CT molecular complexity index is 462. The Balaban J connectivity index is 1.37. The van der Waals surface area contributed by atoms with Crippen molar-refractivity contribution in [3.63, 3.8) is 0 Å². The second-order valence-electron chi connectivity index (χ2n) is 6.86. The summed E-state index contributed by atoms with van der Waals surface area (Å²) in [6.45, 7) is 4.80. The maximum Gasteiger partial charge on any atom is 0.0368 e. The summed E-state index contributed by atoms with van der Waals surface area (Å²) in [6, 6.07) is 9.24. The van der Waals surface area contributed by atoms with Crippen LogP contribution in [0.1, 0.15) is 25.7 Å². The van der Waals surface area contributed by atoms with Crippen LogP contribution in [0.25, 0.3) is 0 Å². The molecular weight excluding hydrogens is 246 g/mol. The minimum atomic E-state index is 0.856. The van der Waals surface area contributed by atoms with Crippen molar-refractivity contribution in [1.82, 2.24) is 4.90 Å². The molecule has 1 saturated heterocycles. The normalized spacial score (nSPS) is 33.8. The number of anilines is 2. The van der Waals surface area contributed by atoms with Crippen molar-refractivity contribution in [2.75, 3.05) is 36.8 Å². The predicted molar refractivity (Wildman–Crippen MR) is 83.9 cm³/mol. The molecule has 1 aliphatic heterocycles. The van der Waals surface area contributed by atoms with Gasteiger partial charge in [0.25, 0.3) is 0 Å². The molecular formula is C17H25N3. The van der Waals surface area contributed by atoms with Crippen LogP contribution in [0.3, 0.4) is 0 Å². The Morgan fingerprint density at radius 2 is 1.65 bits per heavy atom. The zero-order valence-electron chi connectivity index (χ0n) is 12.2. The third-order valence-corrected chi connectivity index (χ3v) is 5.74. The van der Waals surface area contributed by atoms with E-state index in [-0.39, 0.29) is 0 Å². The van der Waals surface area contributed by atoms with Gasteiger partial charge in [-0.2, -0.15) is 0 Å². The van der Waals surface area contributed by atoms with E-state index in [1.807, 2.05) is 12.1 Å². The standard InChI is InChI=1S/C17H25N3/c18-15-3-5-16(6-4-15)19-7-9-20(10-8-19)17-12-13-1-2-14(17)11-13/h3-6,13-14,17H,1-2,7-12,18H2. The van der Waals surface area contributed by atoms with E-state index in [1.54, 1.807) is 0 Å². The average Bonchev–Trinajstić information content (AvgIpc) is 3.11. The van der Waals surface area contributed by atoms with Crippen LogP contribution in [-0.4, -0.2) is 37.1 Å². The fourth-order valence-corrected chi connectivity index (χ4v) is 4.66. The molecule has 1 aromatic carbocycles. The van der Waals surface area contributed by atoms with E-state index < -0.39 is 0 Å². The first kappa shape index (κ1) is 12.5. The molecule has 3 nitrogen and oxygen atoms in total. The summed E-state index contributed by atoms with van der Waals surface area (Å²) in [5, 5.41) is 0. The number of nitrogen functional groups attached to an aromatic ring is 1. The molecule has 0 spiro atoms. The van der Waals surface area contributed by atoms with Crippen LogP contribution in [0.4, 0.5) is 11.4 Å². The molecule has 0 aromatic heterocycles. The lowest BCUT2D eigenvalue weighted by Crippen LogP contribution is -2.51. The lowest BCUT2D eigenvalue weighted by atomic mass is 9.93. The van der Waals surface area contributed by atoms with Gasteiger partial charge in [-0.25, -0.2) is 0 Å². The summed E-state index contributed by atoms with van der Waals surface area (Å²) in [7, 11) is 0. The van der Waals surface area contributed by atoms with Crippen LogP contribution in [0.15, 0.2) is 24.3 Å². The van der Waals surface area contributed by atoms with Crippen molar-refractivity contribution in [2.45, 2.75) is 31.7 Å². The Morgan fingerprint density at radius 3 is 2.25 bits per heavy atom. The van der Waals surface area contributed by atoms with Crippen LogP contribution in [0.2, 0.25) is 0 Å². The Kier molecular flexibility index (Phi) is 3.10. The minimum absolute atomic E-state index is 0.856. The quantitative estimate of drug-likeness (QED) is 0.839. The second-order valence-corrected chi connectivity index (χ2v) is 6.86. The molecule has 3 heteroatoms. The van der Waals surface area contributed by atoms with Gasteiger partial charge in [0.1, 0.15) is 0 Å². The first-order valence-corrected chi connectivity index (χ1v) is 8.14. The van der Waals surface area contributed by atoms with E-state index >= 15 is 0 Å². The highest BCUT2D eigenvalue weighted by molar-refractivity contribution is 5.53. The molecule has 0 amide bonds. The van der Waals surface area contributed by atoms with Crippen LogP contribution in [0, 0.1) is 11.8 Å². The fourth-order valence-electron chi connectivity index (χ4n) is 4.66. The summed E-state index contributed by atoms with van der Waals surface area (Å²) >= 11 is 0. The van der Waals surface area contributed by atoms with Crippen LogP contribution < -0.4 is 10.6 Å². The van der Waals surface area contributed by atoms with Gasteiger partial charge in [-0.1, -0.05) is 6.42 Å². The highest BCUT2D eigenvalue weighted by Gasteiger charge is 2.42. The number of fused-ring (bicyclic) bond motifs is 2. The molecule has 2 aliphatic carbocycles. The summed E-state index contributed by atoms with van der Waals surface area (Å²) in [6.07, 6.45) is 6.00. The van der Waals surface area contributed by atoms with Crippen molar-refractivity contribution in [3.8, 4) is 0 Å². The molecule has 2 saturated carbocycles. The Labute approximate surface area is 121 Å². The molecule has 2 N–H and O–H groups in total. The van der Waals surface area contributed by atoms with E-state index in [9.17, 15) is 0 Å². The van der Waals surface area contributed by atoms with Gasteiger partial charge in [-0.3, -0.25) is 4.90 Å². The van der Waals surface area contributed by atoms with Gasteiger partial charge < -0.3 is 10.6 Å². The SMILES string of the molecule is Nc1ccc(N2CCN(C3CC4CCC3C4)CC2)cc1. The fraction of sp³-hybridized carbons (Fsp3) is 0.647. The Hall–Kier alpha value is -1.22. The number of piperazine rings is 1.